The van der Waals surface area contributed by atoms with Crippen LogP contribution in [0.3, 0.4) is 0 Å². The number of methoxy groups -OCH3 is 1. The predicted octanol–water partition coefficient (Wildman–Crippen LogP) is 4.91. The summed E-state index contributed by atoms with van der Waals surface area (Å²) in [6.07, 6.45) is 6.28. The van der Waals surface area contributed by atoms with Crippen LogP contribution in [0, 0.1) is 24.1 Å². The van der Waals surface area contributed by atoms with E-state index in [4.69, 9.17) is 14.5 Å². The van der Waals surface area contributed by atoms with Crippen molar-refractivity contribution < 1.29 is 13.9 Å². The highest BCUT2D eigenvalue weighted by atomic mass is 19.1. The number of nitrogens with one attached hydrogen (secondary N) is 2. The van der Waals surface area contributed by atoms with E-state index in [-0.39, 0.29) is 18.0 Å². The SMILES string of the molecule is COCCNc1c(C#N)cncc1-c1ccc2ncc(-c3cc(C)cc(F)c3)c(N3CC[C@H]4OCCN[C@@H]4C3)c2c1. The largest absolute Gasteiger partial charge is 0.383 e. The number of morpholine rings is 1. The quantitative estimate of drug-likeness (QED) is 0.313. The first-order valence-corrected chi connectivity index (χ1v) is 14.0. The molecular weight excluding hydrogens is 519 g/mol. The van der Waals surface area contributed by atoms with E-state index in [0.717, 1.165) is 82.8 Å². The second-order valence-corrected chi connectivity index (χ2v) is 10.6. The Labute approximate surface area is 239 Å². The van der Waals surface area contributed by atoms with E-state index in [1.54, 1.807) is 25.6 Å². The van der Waals surface area contributed by atoms with Crippen molar-refractivity contribution in [1.82, 2.24) is 15.3 Å². The monoisotopic (exact) mass is 552 g/mol. The predicted molar refractivity (Wildman–Crippen MR) is 159 cm³/mol. The van der Waals surface area contributed by atoms with Gasteiger partial charge in [-0.15, -0.1) is 0 Å². The van der Waals surface area contributed by atoms with Crippen LogP contribution < -0.4 is 15.5 Å². The molecule has 2 atom stereocenters. The van der Waals surface area contributed by atoms with Gasteiger partial charge < -0.3 is 25.0 Å². The molecule has 2 N–H and O–H groups in total. The van der Waals surface area contributed by atoms with Crippen LogP contribution in [0.2, 0.25) is 0 Å². The summed E-state index contributed by atoms with van der Waals surface area (Å²) in [5, 5.41) is 17.8. The number of benzene rings is 2. The summed E-state index contributed by atoms with van der Waals surface area (Å²) >= 11 is 0. The fourth-order valence-electron chi connectivity index (χ4n) is 6.01. The van der Waals surface area contributed by atoms with Gasteiger partial charge in [0.2, 0.25) is 0 Å². The lowest BCUT2D eigenvalue weighted by Gasteiger charge is -2.43. The van der Waals surface area contributed by atoms with Crippen LogP contribution in [0.4, 0.5) is 15.8 Å². The molecule has 4 heterocycles. The number of piperidine rings is 1. The molecule has 0 saturated carbocycles. The van der Waals surface area contributed by atoms with Gasteiger partial charge in [-0.3, -0.25) is 9.97 Å². The van der Waals surface area contributed by atoms with Crippen LogP contribution in [0.5, 0.6) is 0 Å². The van der Waals surface area contributed by atoms with Gasteiger partial charge in [-0.25, -0.2) is 4.39 Å². The summed E-state index contributed by atoms with van der Waals surface area (Å²) in [5.74, 6) is -0.271. The number of rotatable bonds is 7. The topological polar surface area (TPSA) is 95.3 Å². The Morgan fingerprint density at radius 1 is 1.17 bits per heavy atom. The highest BCUT2D eigenvalue weighted by molar-refractivity contribution is 6.02. The summed E-state index contributed by atoms with van der Waals surface area (Å²) in [4.78, 5) is 11.6. The molecule has 0 aliphatic carbocycles. The Balaban J connectivity index is 1.53. The summed E-state index contributed by atoms with van der Waals surface area (Å²) in [6.45, 7) is 6.09. The number of hydrogen-bond acceptors (Lipinski definition) is 8. The van der Waals surface area contributed by atoms with Gasteiger partial charge >= 0.3 is 0 Å². The summed E-state index contributed by atoms with van der Waals surface area (Å²) in [7, 11) is 1.65. The Morgan fingerprint density at radius 2 is 2.07 bits per heavy atom. The third-order valence-electron chi connectivity index (χ3n) is 7.88. The van der Waals surface area contributed by atoms with Crippen molar-refractivity contribution in [2.75, 3.05) is 56.7 Å². The highest BCUT2D eigenvalue weighted by Gasteiger charge is 2.33. The number of aryl methyl sites for hydroxylation is 1. The van der Waals surface area contributed by atoms with E-state index in [1.807, 2.05) is 31.3 Å². The smallest absolute Gasteiger partial charge is 0.124 e. The minimum Gasteiger partial charge on any atom is -0.383 e. The lowest BCUT2D eigenvalue weighted by Crippen LogP contribution is -2.58. The number of pyridine rings is 2. The maximum atomic E-state index is 14.6. The zero-order valence-electron chi connectivity index (χ0n) is 23.3. The third-order valence-corrected chi connectivity index (χ3v) is 7.88. The maximum absolute atomic E-state index is 14.6. The minimum absolute atomic E-state index is 0.184. The molecule has 0 radical (unpaired) electrons. The molecule has 4 aromatic rings. The van der Waals surface area contributed by atoms with Crippen LogP contribution >= 0.6 is 0 Å². The molecule has 210 valence electrons. The molecule has 2 fully saturated rings. The Hall–Kier alpha value is -4.10. The molecule has 0 amide bonds. The van der Waals surface area contributed by atoms with Crippen LogP contribution in [0.15, 0.2) is 55.0 Å². The van der Waals surface area contributed by atoms with Gasteiger partial charge in [-0.1, -0.05) is 12.1 Å². The van der Waals surface area contributed by atoms with Crippen LogP contribution in [0.25, 0.3) is 33.2 Å². The first-order chi connectivity index (χ1) is 20.1. The summed E-state index contributed by atoms with van der Waals surface area (Å²) in [6, 6.07) is 13.7. The molecule has 2 aliphatic rings. The molecule has 9 heteroatoms. The molecule has 6 rings (SSSR count). The van der Waals surface area contributed by atoms with Crippen molar-refractivity contribution >= 4 is 22.3 Å². The molecule has 2 aromatic heterocycles. The van der Waals surface area contributed by atoms with E-state index < -0.39 is 0 Å². The number of hydrogen-bond donors (Lipinski definition) is 2. The lowest BCUT2D eigenvalue weighted by atomic mass is 9.94. The number of nitrogens with zero attached hydrogens (tertiary/aromatic N) is 4. The standard InChI is InChI=1S/C32H33FN6O2/c1-20-11-22(13-24(33)12-20)27-18-38-28-4-3-21(26-17-35-16-23(15-34)31(26)37-6-9-40-2)14-25(28)32(27)39-8-5-30-29(19-39)36-7-10-41-30/h3-4,11-14,16-18,29-30,36H,5-10,19H2,1-2H3,(H,35,37)/t29-,30-/m1/s1. The van der Waals surface area contributed by atoms with Crippen molar-refractivity contribution in [2.24, 2.45) is 0 Å². The van der Waals surface area contributed by atoms with Gasteiger partial charge in [-0.2, -0.15) is 5.26 Å². The van der Waals surface area contributed by atoms with Gasteiger partial charge in [0, 0.05) is 68.4 Å². The van der Waals surface area contributed by atoms with Crippen LogP contribution in [-0.2, 0) is 9.47 Å². The number of anilines is 2. The second-order valence-electron chi connectivity index (χ2n) is 10.6. The Morgan fingerprint density at radius 3 is 2.90 bits per heavy atom. The van der Waals surface area contributed by atoms with Crippen LogP contribution in [0.1, 0.15) is 17.5 Å². The number of fused-ring (bicyclic) bond motifs is 2. The lowest BCUT2D eigenvalue weighted by molar-refractivity contribution is -0.0134. The fraction of sp³-hybridized carbons (Fsp3) is 0.344. The number of aromatic nitrogens is 2. The van der Waals surface area contributed by atoms with Gasteiger partial charge in [0.15, 0.2) is 0 Å². The second kappa shape index (κ2) is 11.8. The van der Waals surface area contributed by atoms with Gasteiger partial charge in [0.25, 0.3) is 0 Å². The van der Waals surface area contributed by atoms with E-state index in [0.29, 0.717) is 18.7 Å². The molecule has 8 nitrogen and oxygen atoms in total. The minimum atomic E-state index is -0.271. The molecule has 0 spiro atoms. The van der Waals surface area contributed by atoms with E-state index in [9.17, 15) is 9.65 Å². The molecule has 0 unspecified atom stereocenters. The fourth-order valence-corrected chi connectivity index (χ4v) is 6.01. The van der Waals surface area contributed by atoms with Gasteiger partial charge in [0.05, 0.1) is 47.8 Å². The van der Waals surface area contributed by atoms with Crippen molar-refractivity contribution in [3.63, 3.8) is 0 Å². The molecule has 0 bridgehead atoms. The molecule has 2 saturated heterocycles. The van der Waals surface area contributed by atoms with Crippen molar-refractivity contribution in [1.29, 1.82) is 5.26 Å². The summed E-state index contributed by atoms with van der Waals surface area (Å²) < 4.78 is 25.9. The zero-order valence-corrected chi connectivity index (χ0v) is 23.3. The first kappa shape index (κ1) is 27.1. The number of halogens is 1. The van der Waals surface area contributed by atoms with Crippen molar-refractivity contribution in [2.45, 2.75) is 25.5 Å². The Kier molecular flexibility index (Phi) is 7.79. The maximum Gasteiger partial charge on any atom is 0.124 e. The first-order valence-electron chi connectivity index (χ1n) is 14.0. The molecule has 2 aromatic carbocycles. The molecule has 41 heavy (non-hydrogen) atoms. The van der Waals surface area contributed by atoms with E-state index in [2.05, 4.69) is 32.7 Å². The zero-order chi connectivity index (χ0) is 28.3. The normalized spacial score (nSPS) is 18.6. The van der Waals surface area contributed by atoms with Crippen molar-refractivity contribution in [3.8, 4) is 28.3 Å². The van der Waals surface area contributed by atoms with E-state index >= 15 is 0 Å². The third kappa shape index (κ3) is 5.46. The van der Waals surface area contributed by atoms with Gasteiger partial charge in [-0.05, 0) is 54.3 Å². The molecule has 2 aliphatic heterocycles. The number of nitriles is 1. The van der Waals surface area contributed by atoms with E-state index in [1.165, 1.54) is 6.07 Å². The number of ether oxygens (including phenoxy) is 2. The summed E-state index contributed by atoms with van der Waals surface area (Å²) in [5.41, 5.74) is 7.30. The molecular formula is C32H33FN6O2. The average molecular weight is 553 g/mol. The van der Waals surface area contributed by atoms with Gasteiger partial charge in [0.1, 0.15) is 11.9 Å². The average Bonchev–Trinajstić information content (AvgIpc) is 2.99. The highest BCUT2D eigenvalue weighted by Crippen LogP contribution is 2.41. The Bertz CT molecular complexity index is 1600. The van der Waals surface area contributed by atoms with Crippen LogP contribution in [-0.4, -0.2) is 68.6 Å². The van der Waals surface area contributed by atoms with Crippen molar-refractivity contribution in [3.05, 3.63) is 71.9 Å².